The van der Waals surface area contributed by atoms with Crippen molar-refractivity contribution < 1.29 is 18.4 Å². The molecule has 7 nitrogen and oxygen atoms in total. The lowest BCUT2D eigenvalue weighted by molar-refractivity contribution is -0.384. The second-order valence-electron chi connectivity index (χ2n) is 4.53. The van der Waals surface area contributed by atoms with Crippen molar-refractivity contribution in [3.8, 4) is 0 Å². The number of aliphatic hydroxyl groups excluding tert-OH is 1. The van der Waals surface area contributed by atoms with E-state index >= 15 is 0 Å². The molecule has 1 aromatic rings. The van der Waals surface area contributed by atoms with Crippen LogP contribution in [0.5, 0.6) is 0 Å². The number of nitrogens with zero attached hydrogens (tertiary/aromatic N) is 1. The normalized spacial score (nSPS) is 12.9. The van der Waals surface area contributed by atoms with E-state index in [0.717, 1.165) is 18.7 Å². The van der Waals surface area contributed by atoms with Crippen molar-refractivity contribution in [1.29, 1.82) is 0 Å². The summed E-state index contributed by atoms with van der Waals surface area (Å²) in [5, 5.41) is 23.3. The molecule has 0 amide bonds. The van der Waals surface area contributed by atoms with Crippen molar-refractivity contribution in [2.45, 2.75) is 30.8 Å². The quantitative estimate of drug-likeness (QED) is 0.584. The predicted octanol–water partition coefficient (Wildman–Crippen LogP) is 1.57. The first-order valence-corrected chi connectivity index (χ1v) is 8.05. The molecule has 1 unspecified atom stereocenters. The fraction of sp³-hybridized carbons (Fsp3) is 0.500. The number of aliphatic hydroxyl groups is 1. The first-order chi connectivity index (χ1) is 9.25. The highest BCUT2D eigenvalue weighted by Gasteiger charge is 2.19. The van der Waals surface area contributed by atoms with Crippen LogP contribution in [0.3, 0.4) is 0 Å². The lowest BCUT2D eigenvalue weighted by Crippen LogP contribution is -2.19. The van der Waals surface area contributed by atoms with Crippen LogP contribution in [0.2, 0.25) is 0 Å². The summed E-state index contributed by atoms with van der Waals surface area (Å²) in [5.74, 6) is 0. The van der Waals surface area contributed by atoms with Crippen LogP contribution in [0.1, 0.15) is 19.8 Å². The van der Waals surface area contributed by atoms with Gasteiger partial charge in [-0.2, -0.15) is 0 Å². The van der Waals surface area contributed by atoms with Crippen molar-refractivity contribution in [2.75, 3.05) is 18.1 Å². The SMILES string of the molecule is CCCC(O)CNc1ccc(S(C)(=O)=O)cc1[N+](=O)[O-]. The zero-order valence-corrected chi connectivity index (χ0v) is 12.2. The third-order valence-corrected chi connectivity index (χ3v) is 3.85. The van der Waals surface area contributed by atoms with Crippen molar-refractivity contribution in [3.05, 3.63) is 28.3 Å². The van der Waals surface area contributed by atoms with Gasteiger partial charge in [-0.15, -0.1) is 0 Å². The van der Waals surface area contributed by atoms with E-state index in [-0.39, 0.29) is 22.8 Å². The number of hydrogen-bond acceptors (Lipinski definition) is 6. The predicted molar refractivity (Wildman–Crippen MR) is 75.6 cm³/mol. The van der Waals surface area contributed by atoms with Gasteiger partial charge >= 0.3 is 0 Å². The molecule has 0 saturated heterocycles. The summed E-state index contributed by atoms with van der Waals surface area (Å²) in [6, 6.07) is 3.66. The van der Waals surface area contributed by atoms with Crippen LogP contribution < -0.4 is 5.32 Å². The number of nitro benzene ring substituents is 1. The minimum Gasteiger partial charge on any atom is -0.391 e. The summed E-state index contributed by atoms with van der Waals surface area (Å²) < 4.78 is 22.8. The van der Waals surface area contributed by atoms with Gasteiger partial charge in [0.2, 0.25) is 0 Å². The molecule has 20 heavy (non-hydrogen) atoms. The molecule has 0 spiro atoms. The Bertz CT molecular complexity index is 586. The van der Waals surface area contributed by atoms with Crippen LogP contribution in [0.4, 0.5) is 11.4 Å². The minimum absolute atomic E-state index is 0.108. The molecular formula is C12H18N2O5S. The number of nitrogens with one attached hydrogen (secondary N) is 1. The number of sulfone groups is 1. The Hall–Kier alpha value is -1.67. The van der Waals surface area contributed by atoms with Gasteiger partial charge in [0, 0.05) is 18.9 Å². The van der Waals surface area contributed by atoms with E-state index in [0.29, 0.717) is 6.42 Å². The molecule has 0 aromatic heterocycles. The van der Waals surface area contributed by atoms with Crippen LogP contribution in [-0.4, -0.2) is 37.4 Å². The first kappa shape index (κ1) is 16.4. The monoisotopic (exact) mass is 302 g/mol. The number of nitro groups is 1. The van der Waals surface area contributed by atoms with E-state index in [4.69, 9.17) is 0 Å². The van der Waals surface area contributed by atoms with Crippen molar-refractivity contribution in [3.63, 3.8) is 0 Å². The van der Waals surface area contributed by atoms with Crippen LogP contribution in [-0.2, 0) is 9.84 Å². The van der Waals surface area contributed by atoms with Crippen LogP contribution in [0, 0.1) is 10.1 Å². The Balaban J connectivity index is 3.00. The van der Waals surface area contributed by atoms with E-state index < -0.39 is 20.9 Å². The Morgan fingerprint density at radius 1 is 1.45 bits per heavy atom. The molecular weight excluding hydrogens is 284 g/mol. The third kappa shape index (κ3) is 4.46. The maximum Gasteiger partial charge on any atom is 0.293 e. The summed E-state index contributed by atoms with van der Waals surface area (Å²) >= 11 is 0. The van der Waals surface area contributed by atoms with Crippen LogP contribution in [0.15, 0.2) is 23.1 Å². The molecule has 0 saturated carbocycles. The van der Waals surface area contributed by atoms with Crippen molar-refractivity contribution in [2.24, 2.45) is 0 Å². The highest BCUT2D eigenvalue weighted by Crippen LogP contribution is 2.27. The van der Waals surface area contributed by atoms with Crippen molar-refractivity contribution in [1.82, 2.24) is 0 Å². The number of hydrogen-bond donors (Lipinski definition) is 2. The van der Waals surface area contributed by atoms with Gasteiger partial charge in [0.25, 0.3) is 5.69 Å². The molecule has 0 aliphatic carbocycles. The molecule has 2 N–H and O–H groups in total. The standard InChI is InChI=1S/C12H18N2O5S/c1-3-4-9(15)8-13-11-6-5-10(20(2,18)19)7-12(11)14(16)17/h5-7,9,13,15H,3-4,8H2,1-2H3. The second-order valence-corrected chi connectivity index (χ2v) is 6.55. The Kier molecular flexibility index (Phi) is 5.46. The minimum atomic E-state index is -3.50. The zero-order chi connectivity index (χ0) is 15.3. The van der Waals surface area contributed by atoms with Gasteiger partial charge in [0.05, 0.1) is 15.9 Å². The molecule has 0 aliphatic rings. The van der Waals surface area contributed by atoms with E-state index in [2.05, 4.69) is 5.32 Å². The largest absolute Gasteiger partial charge is 0.391 e. The molecule has 0 bridgehead atoms. The van der Waals surface area contributed by atoms with Crippen LogP contribution >= 0.6 is 0 Å². The van der Waals surface area contributed by atoms with Gasteiger partial charge in [-0.1, -0.05) is 13.3 Å². The highest BCUT2D eigenvalue weighted by molar-refractivity contribution is 7.90. The third-order valence-electron chi connectivity index (χ3n) is 2.74. The van der Waals surface area contributed by atoms with Gasteiger partial charge in [0.15, 0.2) is 9.84 Å². The number of rotatable bonds is 7. The highest BCUT2D eigenvalue weighted by atomic mass is 32.2. The molecule has 0 radical (unpaired) electrons. The summed E-state index contributed by atoms with van der Waals surface area (Å²) in [4.78, 5) is 10.2. The van der Waals surface area contributed by atoms with Crippen molar-refractivity contribution >= 4 is 21.2 Å². The summed E-state index contributed by atoms with van der Waals surface area (Å²) in [6.07, 6.45) is 1.78. The average Bonchev–Trinajstić information content (AvgIpc) is 2.35. The molecule has 112 valence electrons. The van der Waals surface area contributed by atoms with Gasteiger partial charge in [-0.25, -0.2) is 8.42 Å². The maximum atomic E-state index is 11.4. The van der Waals surface area contributed by atoms with E-state index in [1.54, 1.807) is 0 Å². The maximum absolute atomic E-state index is 11.4. The Morgan fingerprint density at radius 2 is 2.10 bits per heavy atom. The van der Waals surface area contributed by atoms with E-state index in [1.807, 2.05) is 6.92 Å². The average molecular weight is 302 g/mol. The fourth-order valence-corrected chi connectivity index (χ4v) is 2.35. The number of anilines is 1. The topological polar surface area (TPSA) is 110 Å². The van der Waals surface area contributed by atoms with Crippen LogP contribution in [0.25, 0.3) is 0 Å². The Morgan fingerprint density at radius 3 is 2.60 bits per heavy atom. The first-order valence-electron chi connectivity index (χ1n) is 6.16. The van der Waals surface area contributed by atoms with E-state index in [1.165, 1.54) is 12.1 Å². The summed E-state index contributed by atoms with van der Waals surface area (Å²) in [5.41, 5.74) is -0.130. The smallest absolute Gasteiger partial charge is 0.293 e. The molecule has 1 rings (SSSR count). The Labute approximate surface area is 117 Å². The summed E-state index contributed by atoms with van der Waals surface area (Å²) in [7, 11) is -3.50. The molecule has 0 heterocycles. The van der Waals surface area contributed by atoms with Gasteiger partial charge < -0.3 is 10.4 Å². The van der Waals surface area contributed by atoms with E-state index in [9.17, 15) is 23.6 Å². The molecule has 8 heteroatoms. The molecule has 0 aliphatic heterocycles. The lowest BCUT2D eigenvalue weighted by atomic mass is 10.2. The molecule has 0 fully saturated rings. The summed E-state index contributed by atoms with van der Waals surface area (Å²) in [6.45, 7) is 2.10. The second kappa shape index (κ2) is 6.67. The lowest BCUT2D eigenvalue weighted by Gasteiger charge is -2.12. The zero-order valence-electron chi connectivity index (χ0n) is 11.4. The molecule has 1 aromatic carbocycles. The van der Waals surface area contributed by atoms with Gasteiger partial charge in [-0.3, -0.25) is 10.1 Å². The fourth-order valence-electron chi connectivity index (χ4n) is 1.71. The molecule has 1 atom stereocenters. The van der Waals surface area contributed by atoms with Gasteiger partial charge in [-0.05, 0) is 18.6 Å². The van der Waals surface area contributed by atoms with Gasteiger partial charge in [0.1, 0.15) is 5.69 Å². The number of benzene rings is 1.